The van der Waals surface area contributed by atoms with Crippen molar-refractivity contribution in [2.75, 3.05) is 0 Å². The fourth-order valence-corrected chi connectivity index (χ4v) is 10.6. The van der Waals surface area contributed by atoms with Gasteiger partial charge in [0, 0.05) is 37.4 Å². The molecule has 6 heteroatoms. The quantitative estimate of drug-likeness (QED) is 0.113. The molecule has 1 radical (unpaired) electrons. The van der Waals surface area contributed by atoms with Gasteiger partial charge in [-0.15, -0.1) is 17.7 Å². The fraction of sp³-hybridized carbons (Fsp3) is 0.372. The minimum Gasteiger partial charge on any atom is 0 e. The van der Waals surface area contributed by atoms with E-state index in [0.29, 0.717) is 11.6 Å². The first-order chi connectivity index (χ1) is 23.1. The van der Waals surface area contributed by atoms with Crippen LogP contribution in [0.5, 0.6) is 0 Å². The Kier molecular flexibility index (Phi) is 12.3. The molecular weight excluding hydrogens is 839 g/mol. The van der Waals surface area contributed by atoms with Crippen LogP contribution < -0.4 is 4.40 Å². The van der Waals surface area contributed by atoms with Crippen molar-refractivity contribution in [3.8, 4) is 22.5 Å². The molecule has 1 saturated carbocycles. The number of hydrogen-bond acceptors (Lipinski definition) is 4. The van der Waals surface area contributed by atoms with Gasteiger partial charge in [-0.25, -0.2) is 4.98 Å². The van der Waals surface area contributed by atoms with Gasteiger partial charge in [-0.1, -0.05) is 43.0 Å². The van der Waals surface area contributed by atoms with Crippen LogP contribution in [-0.2, 0) is 26.5 Å². The summed E-state index contributed by atoms with van der Waals surface area (Å²) < 4.78 is 7.51. The Balaban J connectivity index is 0.000000188. The molecule has 1 fully saturated rings. The Hall–Kier alpha value is -3.12. The van der Waals surface area contributed by atoms with E-state index in [4.69, 9.17) is 9.40 Å². The molecule has 1 aliphatic rings. The van der Waals surface area contributed by atoms with Crippen molar-refractivity contribution in [1.82, 2.24) is 15.0 Å². The summed E-state index contributed by atoms with van der Waals surface area (Å²) in [5.41, 5.74) is 10.7. The minimum atomic E-state index is -1.89. The molecule has 0 bridgehead atoms. The molecule has 6 aromatic rings. The fourth-order valence-electron chi connectivity index (χ4n) is 7.24. The maximum Gasteiger partial charge on any atom is 0 e. The molecule has 0 spiro atoms. The molecule has 0 amide bonds. The van der Waals surface area contributed by atoms with E-state index in [1.54, 1.807) is 9.96 Å². The maximum absolute atomic E-state index is 5.92. The first-order valence-electron chi connectivity index (χ1n) is 17.8. The third kappa shape index (κ3) is 8.61. The largest absolute Gasteiger partial charge is 0 e. The maximum atomic E-state index is 5.92. The van der Waals surface area contributed by atoms with Crippen molar-refractivity contribution in [2.45, 2.75) is 95.8 Å². The Bertz CT molecular complexity index is 2020. The van der Waals surface area contributed by atoms with Gasteiger partial charge in [0.15, 0.2) is 0 Å². The predicted molar refractivity (Wildman–Crippen MR) is 204 cm³/mol. The summed E-state index contributed by atoms with van der Waals surface area (Å²) in [6.45, 7) is 8.58. The number of hydrogen-bond donors (Lipinski definition) is 0. The molecule has 1 aliphatic carbocycles. The minimum absolute atomic E-state index is 0. The van der Waals surface area contributed by atoms with E-state index >= 15 is 0 Å². The monoisotopic (exact) mass is 890 g/mol. The third-order valence-electron chi connectivity index (χ3n) is 10.0. The van der Waals surface area contributed by atoms with Gasteiger partial charge in [0.1, 0.15) is 0 Å². The second-order valence-electron chi connectivity index (χ2n) is 14.6. The summed E-state index contributed by atoms with van der Waals surface area (Å²) in [4.78, 5) is 13.8. The van der Waals surface area contributed by atoms with Crippen LogP contribution in [0, 0.1) is 31.9 Å². The third-order valence-corrected chi connectivity index (χ3v) is 14.4. The zero-order chi connectivity index (χ0) is 33.8. The van der Waals surface area contributed by atoms with E-state index in [2.05, 4.69) is 115 Å². The summed E-state index contributed by atoms with van der Waals surface area (Å²) in [5, 5.41) is 2.07. The van der Waals surface area contributed by atoms with Crippen molar-refractivity contribution in [3.63, 3.8) is 0 Å². The molecule has 7 rings (SSSR count). The van der Waals surface area contributed by atoms with Gasteiger partial charge in [0.25, 0.3) is 0 Å². The van der Waals surface area contributed by atoms with Crippen molar-refractivity contribution in [1.29, 1.82) is 0 Å². The van der Waals surface area contributed by atoms with Crippen LogP contribution in [0.25, 0.3) is 44.6 Å². The number of benzene rings is 2. The van der Waals surface area contributed by atoms with E-state index in [9.17, 15) is 0 Å². The van der Waals surface area contributed by atoms with Crippen molar-refractivity contribution >= 4 is 39.7 Å². The standard InChI is InChI=1S/C22H21N2O.C21H28GeN.Ir/c1-4-15(5-2)16-10-11-23-20(12-16)17-7-9-18-19-8-6-14(3)24-22(19)25-21(18)13-17;1-16-9-5-8-12-19(16)21-14-18(13-17-10-6-7-11-17)20(15-23-21)22(2,3)4;/h6-12,15H,4-5H2,1-3H3;5,8-9,14-15,17H,6-7,10-11,13H2,1-4H3;/q2*-1;. The Morgan fingerprint density at radius 3 is 2.37 bits per heavy atom. The molecule has 4 aromatic heterocycles. The number of nitrogens with zero attached hydrogens (tertiary/aromatic N) is 3. The average Bonchev–Trinajstić information content (AvgIpc) is 3.72. The average molecular weight is 889 g/mol. The molecule has 2 aromatic carbocycles. The molecule has 257 valence electrons. The summed E-state index contributed by atoms with van der Waals surface area (Å²) in [7, 11) is 0. The zero-order valence-corrected chi connectivity index (χ0v) is 34.6. The van der Waals surface area contributed by atoms with E-state index in [0.717, 1.165) is 63.3 Å². The van der Waals surface area contributed by atoms with Gasteiger partial charge in [0.2, 0.25) is 5.71 Å². The predicted octanol–water partition coefficient (Wildman–Crippen LogP) is 11.2. The first kappa shape index (κ1) is 37.1. The van der Waals surface area contributed by atoms with Crippen LogP contribution in [0.15, 0.2) is 77.5 Å². The Morgan fingerprint density at radius 2 is 1.65 bits per heavy atom. The number of aryl methyl sites for hydroxylation is 2. The van der Waals surface area contributed by atoms with Crippen molar-refractivity contribution in [3.05, 3.63) is 108 Å². The Labute approximate surface area is 309 Å². The molecule has 0 saturated heterocycles. The van der Waals surface area contributed by atoms with Crippen molar-refractivity contribution in [2.24, 2.45) is 5.92 Å². The topological polar surface area (TPSA) is 51.8 Å². The van der Waals surface area contributed by atoms with E-state index in [-0.39, 0.29) is 20.1 Å². The molecule has 4 heterocycles. The van der Waals surface area contributed by atoms with E-state index in [1.807, 2.05) is 25.3 Å². The molecule has 0 atom stereocenters. The molecule has 0 aliphatic heterocycles. The number of fused-ring (bicyclic) bond motifs is 3. The van der Waals surface area contributed by atoms with E-state index < -0.39 is 13.3 Å². The normalized spacial score (nSPS) is 13.5. The number of pyridine rings is 3. The van der Waals surface area contributed by atoms with Crippen molar-refractivity contribution < 1.29 is 24.5 Å². The van der Waals surface area contributed by atoms with Crippen LogP contribution in [-0.4, -0.2) is 28.2 Å². The van der Waals surface area contributed by atoms with Gasteiger partial charge in [0.05, 0.1) is 5.58 Å². The number of aromatic nitrogens is 3. The summed E-state index contributed by atoms with van der Waals surface area (Å²) >= 11 is -1.89. The van der Waals surface area contributed by atoms with Gasteiger partial charge in [-0.3, -0.25) is 0 Å². The summed E-state index contributed by atoms with van der Waals surface area (Å²) in [5.74, 6) is 8.90. The molecule has 4 nitrogen and oxygen atoms in total. The van der Waals surface area contributed by atoms with Crippen LogP contribution in [0.3, 0.4) is 0 Å². The van der Waals surface area contributed by atoms with Gasteiger partial charge in [-0.2, -0.15) is 0 Å². The van der Waals surface area contributed by atoms with Gasteiger partial charge in [-0.05, 0) is 43.5 Å². The van der Waals surface area contributed by atoms with E-state index in [1.165, 1.54) is 43.2 Å². The molecule has 0 N–H and O–H groups in total. The van der Waals surface area contributed by atoms with Crippen LogP contribution in [0.1, 0.15) is 80.7 Å². The van der Waals surface area contributed by atoms with Crippen LogP contribution in [0.4, 0.5) is 0 Å². The smallest absolute Gasteiger partial charge is 0 e. The number of rotatable bonds is 8. The van der Waals surface area contributed by atoms with Crippen LogP contribution in [0.2, 0.25) is 17.3 Å². The second kappa shape index (κ2) is 16.3. The first-order valence-corrected chi connectivity index (χ1v) is 25.1. The molecule has 49 heavy (non-hydrogen) atoms. The molecule has 0 unspecified atom stereocenters. The number of furan rings is 1. The summed E-state index contributed by atoms with van der Waals surface area (Å²) in [6.07, 6.45) is 13.3. The second-order valence-corrected chi connectivity index (χ2v) is 25.1. The SMILES string of the molecule is CCC(CC)c1ccnc(-c2[c-]c3oc4nc(C)ccc4c3cc2)c1.Cc1ccc[c-]c1-c1cc(CC2CCCC2)[c]([Ge]([CH3])([CH3])[CH3])cn1.[Ir]. The van der Waals surface area contributed by atoms with Crippen LogP contribution >= 0.6 is 0 Å². The van der Waals surface area contributed by atoms with Gasteiger partial charge >= 0.3 is 144 Å². The zero-order valence-electron chi connectivity index (χ0n) is 30.1. The molecular formula is C43H49GeIrN3O-2. The van der Waals surface area contributed by atoms with Gasteiger partial charge < -0.3 is 9.40 Å². The summed E-state index contributed by atoms with van der Waals surface area (Å²) in [6, 6.07) is 27.9. The Morgan fingerprint density at radius 1 is 0.898 bits per heavy atom.